The van der Waals surface area contributed by atoms with Gasteiger partial charge in [0.1, 0.15) is 5.75 Å². The standard InChI is InChI=1S/C26H18ClF3N2O4/c1-15-23(20-7-2-3-8-21(20)32-24(15)16-5-4-6-17(27)13-16)25(34)35-14-22(33)31-18-9-11-19(12-10-18)36-26(28,29)30/h2-13H,14H2,1H3,(H,31,33). The second kappa shape index (κ2) is 10.2. The van der Waals surface area contributed by atoms with Gasteiger partial charge in [0.25, 0.3) is 5.91 Å². The summed E-state index contributed by atoms with van der Waals surface area (Å²) in [4.78, 5) is 30.1. The number of carbonyl (C=O) groups is 2. The van der Waals surface area contributed by atoms with Gasteiger partial charge in [0.15, 0.2) is 6.61 Å². The molecule has 4 rings (SSSR count). The number of nitrogens with one attached hydrogen (secondary N) is 1. The highest BCUT2D eigenvalue weighted by atomic mass is 35.5. The summed E-state index contributed by atoms with van der Waals surface area (Å²) in [5.74, 6) is -1.82. The number of hydrogen-bond acceptors (Lipinski definition) is 5. The van der Waals surface area contributed by atoms with Crippen LogP contribution in [0.5, 0.6) is 5.75 Å². The lowest BCUT2D eigenvalue weighted by molar-refractivity contribution is -0.274. The predicted molar refractivity (Wildman–Crippen MR) is 129 cm³/mol. The molecule has 6 nitrogen and oxygen atoms in total. The molecule has 1 N–H and O–H groups in total. The van der Waals surface area contributed by atoms with Gasteiger partial charge in [-0.2, -0.15) is 0 Å². The summed E-state index contributed by atoms with van der Waals surface area (Å²) in [5, 5.41) is 3.53. The molecule has 1 aromatic heterocycles. The molecule has 0 bridgehead atoms. The van der Waals surface area contributed by atoms with Crippen LogP contribution in [0.2, 0.25) is 5.02 Å². The number of aromatic nitrogens is 1. The van der Waals surface area contributed by atoms with E-state index >= 15 is 0 Å². The molecule has 0 radical (unpaired) electrons. The Morgan fingerprint density at radius 1 is 1.00 bits per heavy atom. The van der Waals surface area contributed by atoms with Gasteiger partial charge in [0.2, 0.25) is 0 Å². The Morgan fingerprint density at radius 2 is 1.72 bits per heavy atom. The molecule has 1 amide bonds. The van der Waals surface area contributed by atoms with Crippen molar-refractivity contribution in [3.05, 3.63) is 88.9 Å². The minimum Gasteiger partial charge on any atom is -0.452 e. The summed E-state index contributed by atoms with van der Waals surface area (Å²) in [6.07, 6.45) is -4.82. The molecule has 0 aliphatic heterocycles. The van der Waals surface area contributed by atoms with Gasteiger partial charge in [-0.3, -0.25) is 4.79 Å². The van der Waals surface area contributed by atoms with Crippen LogP contribution >= 0.6 is 11.6 Å². The van der Waals surface area contributed by atoms with Crippen molar-refractivity contribution in [2.24, 2.45) is 0 Å². The molecule has 0 aliphatic rings. The van der Waals surface area contributed by atoms with Crippen molar-refractivity contribution in [2.75, 3.05) is 11.9 Å². The van der Waals surface area contributed by atoms with E-state index in [0.717, 1.165) is 17.7 Å². The first-order valence-electron chi connectivity index (χ1n) is 10.6. The molecule has 184 valence electrons. The number of pyridine rings is 1. The number of benzene rings is 3. The fourth-order valence-corrected chi connectivity index (χ4v) is 3.82. The van der Waals surface area contributed by atoms with Crippen LogP contribution in [0.1, 0.15) is 15.9 Å². The lowest BCUT2D eigenvalue weighted by Crippen LogP contribution is -2.21. The fourth-order valence-electron chi connectivity index (χ4n) is 3.63. The third-order valence-electron chi connectivity index (χ3n) is 5.14. The average Bonchev–Trinajstić information content (AvgIpc) is 2.82. The fraction of sp³-hybridized carbons (Fsp3) is 0.115. The van der Waals surface area contributed by atoms with Gasteiger partial charge in [-0.05, 0) is 55.0 Å². The summed E-state index contributed by atoms with van der Waals surface area (Å²) in [6, 6.07) is 18.7. The Hall–Kier alpha value is -4.11. The Morgan fingerprint density at radius 3 is 2.42 bits per heavy atom. The lowest BCUT2D eigenvalue weighted by Gasteiger charge is -2.14. The maximum Gasteiger partial charge on any atom is 0.573 e. The number of alkyl halides is 3. The molecule has 0 atom stereocenters. The number of nitrogens with zero attached hydrogens (tertiary/aromatic N) is 1. The first-order chi connectivity index (χ1) is 17.1. The molecule has 10 heteroatoms. The monoisotopic (exact) mass is 514 g/mol. The van der Waals surface area contributed by atoms with Crippen LogP contribution in [-0.4, -0.2) is 29.8 Å². The number of ether oxygens (including phenoxy) is 2. The van der Waals surface area contributed by atoms with Crippen molar-refractivity contribution in [2.45, 2.75) is 13.3 Å². The molecule has 1 heterocycles. The number of amides is 1. The molecular weight excluding hydrogens is 497 g/mol. The molecule has 3 aromatic carbocycles. The molecule has 0 unspecified atom stereocenters. The van der Waals surface area contributed by atoms with E-state index in [1.807, 2.05) is 6.07 Å². The van der Waals surface area contributed by atoms with E-state index in [-0.39, 0.29) is 11.3 Å². The Labute approximate surface area is 208 Å². The van der Waals surface area contributed by atoms with Crippen LogP contribution < -0.4 is 10.1 Å². The number of esters is 1. The van der Waals surface area contributed by atoms with Gasteiger partial charge >= 0.3 is 12.3 Å². The number of fused-ring (bicyclic) bond motifs is 1. The highest BCUT2D eigenvalue weighted by molar-refractivity contribution is 6.30. The van der Waals surface area contributed by atoms with Crippen molar-refractivity contribution >= 4 is 40.1 Å². The molecule has 0 spiro atoms. The van der Waals surface area contributed by atoms with E-state index in [4.69, 9.17) is 16.3 Å². The van der Waals surface area contributed by atoms with Crippen LogP contribution in [0.15, 0.2) is 72.8 Å². The maximum atomic E-state index is 13.1. The van der Waals surface area contributed by atoms with E-state index in [1.165, 1.54) is 12.1 Å². The van der Waals surface area contributed by atoms with Gasteiger partial charge in [-0.1, -0.05) is 41.9 Å². The van der Waals surface area contributed by atoms with E-state index in [2.05, 4.69) is 15.0 Å². The van der Waals surface area contributed by atoms with Crippen LogP contribution in [0, 0.1) is 6.92 Å². The zero-order chi connectivity index (χ0) is 25.9. The number of anilines is 1. The van der Waals surface area contributed by atoms with Crippen molar-refractivity contribution in [1.82, 2.24) is 4.98 Å². The van der Waals surface area contributed by atoms with Crippen LogP contribution in [-0.2, 0) is 9.53 Å². The summed E-state index contributed by atoms with van der Waals surface area (Å²) in [6.45, 7) is 1.12. The molecule has 0 saturated carbocycles. The second-order valence-electron chi connectivity index (χ2n) is 7.68. The zero-order valence-electron chi connectivity index (χ0n) is 18.7. The van der Waals surface area contributed by atoms with Crippen molar-refractivity contribution < 1.29 is 32.2 Å². The number of carbonyl (C=O) groups excluding carboxylic acids is 2. The third-order valence-corrected chi connectivity index (χ3v) is 5.38. The van der Waals surface area contributed by atoms with E-state index in [9.17, 15) is 22.8 Å². The quantitative estimate of drug-likeness (QED) is 0.295. The van der Waals surface area contributed by atoms with Crippen molar-refractivity contribution in [3.8, 4) is 17.0 Å². The maximum absolute atomic E-state index is 13.1. The number of halogens is 4. The van der Waals surface area contributed by atoms with Crippen molar-refractivity contribution in [3.63, 3.8) is 0 Å². The minimum absolute atomic E-state index is 0.208. The highest BCUT2D eigenvalue weighted by Crippen LogP contribution is 2.31. The number of rotatable bonds is 6. The largest absolute Gasteiger partial charge is 0.573 e. The van der Waals surface area contributed by atoms with E-state index in [0.29, 0.717) is 27.2 Å². The molecule has 0 saturated heterocycles. The first-order valence-corrected chi connectivity index (χ1v) is 11.0. The van der Waals surface area contributed by atoms with Crippen LogP contribution in [0.25, 0.3) is 22.2 Å². The second-order valence-corrected chi connectivity index (χ2v) is 8.12. The number of para-hydroxylation sites is 1. The number of hydrogen-bond donors (Lipinski definition) is 1. The van der Waals surface area contributed by atoms with Crippen LogP contribution in [0.3, 0.4) is 0 Å². The molecule has 0 fully saturated rings. The third kappa shape index (κ3) is 5.92. The highest BCUT2D eigenvalue weighted by Gasteiger charge is 2.31. The van der Waals surface area contributed by atoms with E-state index < -0.39 is 30.6 Å². The van der Waals surface area contributed by atoms with Gasteiger partial charge in [-0.25, -0.2) is 9.78 Å². The topological polar surface area (TPSA) is 77.5 Å². The minimum atomic E-state index is -4.82. The summed E-state index contributed by atoms with van der Waals surface area (Å²) < 4.78 is 45.9. The SMILES string of the molecule is Cc1c(-c2cccc(Cl)c2)nc2ccccc2c1C(=O)OCC(=O)Nc1ccc(OC(F)(F)F)cc1. The summed E-state index contributed by atoms with van der Waals surface area (Å²) >= 11 is 6.13. The average molecular weight is 515 g/mol. The van der Waals surface area contributed by atoms with Gasteiger partial charge < -0.3 is 14.8 Å². The summed E-state index contributed by atoms with van der Waals surface area (Å²) in [7, 11) is 0. The Bertz CT molecular complexity index is 1440. The predicted octanol–water partition coefficient (Wildman–Crippen LogP) is 6.56. The zero-order valence-corrected chi connectivity index (χ0v) is 19.5. The van der Waals surface area contributed by atoms with Crippen LogP contribution in [0.4, 0.5) is 18.9 Å². The van der Waals surface area contributed by atoms with Crippen molar-refractivity contribution in [1.29, 1.82) is 0 Å². The van der Waals surface area contributed by atoms with Gasteiger partial charge in [0, 0.05) is 21.7 Å². The normalized spacial score (nSPS) is 11.2. The lowest BCUT2D eigenvalue weighted by atomic mass is 9.98. The summed E-state index contributed by atoms with van der Waals surface area (Å²) in [5.41, 5.74) is 2.86. The Kier molecular flexibility index (Phi) is 7.12. The van der Waals surface area contributed by atoms with Gasteiger partial charge in [-0.15, -0.1) is 13.2 Å². The van der Waals surface area contributed by atoms with E-state index in [1.54, 1.807) is 49.4 Å². The smallest absolute Gasteiger partial charge is 0.452 e. The molecule has 4 aromatic rings. The first kappa shape index (κ1) is 25.0. The molecule has 0 aliphatic carbocycles. The van der Waals surface area contributed by atoms with Gasteiger partial charge in [0.05, 0.1) is 16.8 Å². The Balaban J connectivity index is 1.52. The molecule has 36 heavy (non-hydrogen) atoms. The molecular formula is C26H18ClF3N2O4.